The van der Waals surface area contributed by atoms with Crippen molar-refractivity contribution in [1.29, 1.82) is 0 Å². The van der Waals surface area contributed by atoms with E-state index in [0.29, 0.717) is 11.3 Å². The van der Waals surface area contributed by atoms with Crippen LogP contribution in [0.2, 0.25) is 0 Å². The molecule has 8 nitrogen and oxygen atoms in total. The van der Waals surface area contributed by atoms with E-state index in [1.165, 1.54) is 0 Å². The molecule has 0 fully saturated rings. The number of rotatable bonds is 4. The van der Waals surface area contributed by atoms with Gasteiger partial charge in [-0.25, -0.2) is 4.98 Å². The molecule has 0 saturated carbocycles. The van der Waals surface area contributed by atoms with E-state index in [-0.39, 0.29) is 10.1 Å². The third-order valence-corrected chi connectivity index (χ3v) is 2.10. The van der Waals surface area contributed by atoms with E-state index in [1.807, 2.05) is 0 Å². The highest BCUT2D eigenvalue weighted by molar-refractivity contribution is 7.18. The number of amides is 1. The fourth-order valence-electron chi connectivity index (χ4n) is 0.709. The first-order valence-electron chi connectivity index (χ1n) is 3.61. The van der Waals surface area contributed by atoms with Crippen molar-refractivity contribution >= 4 is 33.3 Å². The maximum atomic E-state index is 10.9. The second kappa shape index (κ2) is 4.46. The molecule has 0 unspecified atom stereocenters. The molecule has 0 aliphatic carbocycles. The van der Waals surface area contributed by atoms with Crippen LogP contribution in [-0.2, 0) is 9.59 Å². The predicted molar refractivity (Wildman–Crippen MR) is 49.7 cm³/mol. The van der Waals surface area contributed by atoms with Crippen LogP contribution in [-0.4, -0.2) is 26.9 Å². The number of anilines is 1. The zero-order chi connectivity index (χ0) is 11.4. The minimum absolute atomic E-state index is 0.00736. The molecule has 0 aliphatic rings. The summed E-state index contributed by atoms with van der Waals surface area (Å²) in [5.74, 6) is -2.05. The fraction of sp³-hybridized carbons (Fsp3) is 0.167. The average Bonchev–Trinajstić information content (AvgIpc) is 2.50. The van der Waals surface area contributed by atoms with Gasteiger partial charge in [0.2, 0.25) is 5.91 Å². The fourth-order valence-corrected chi connectivity index (χ4v) is 1.36. The van der Waals surface area contributed by atoms with Crippen LogP contribution < -0.4 is 5.32 Å². The molecule has 0 aromatic carbocycles. The molecule has 1 heterocycles. The van der Waals surface area contributed by atoms with Crippen LogP contribution in [0.3, 0.4) is 0 Å². The van der Waals surface area contributed by atoms with Gasteiger partial charge in [-0.15, -0.1) is 0 Å². The zero-order valence-electron chi connectivity index (χ0n) is 7.17. The Hall–Kier alpha value is -2.03. The normalized spacial score (nSPS) is 9.60. The number of carbonyl (C=O) groups is 2. The number of aliphatic carboxylic acids is 1. The van der Waals surface area contributed by atoms with Crippen molar-refractivity contribution in [1.82, 2.24) is 4.98 Å². The summed E-state index contributed by atoms with van der Waals surface area (Å²) in [5, 5.41) is 20.4. The molecule has 9 heteroatoms. The van der Waals surface area contributed by atoms with Gasteiger partial charge in [-0.05, 0) is 11.3 Å². The summed E-state index contributed by atoms with van der Waals surface area (Å²) in [6.45, 7) is 0. The Morgan fingerprint density at radius 1 is 1.67 bits per heavy atom. The lowest BCUT2D eigenvalue weighted by Crippen LogP contribution is -2.15. The first kappa shape index (κ1) is 11.0. The lowest BCUT2D eigenvalue weighted by atomic mass is 10.4. The van der Waals surface area contributed by atoms with E-state index in [1.54, 1.807) is 0 Å². The molecule has 2 N–H and O–H groups in total. The van der Waals surface area contributed by atoms with Gasteiger partial charge in [0, 0.05) is 0 Å². The summed E-state index contributed by atoms with van der Waals surface area (Å²) in [4.78, 5) is 34.2. The third-order valence-electron chi connectivity index (χ3n) is 1.23. The quantitative estimate of drug-likeness (QED) is 0.441. The summed E-state index contributed by atoms with van der Waals surface area (Å²) >= 11 is 0.661. The van der Waals surface area contributed by atoms with Crippen molar-refractivity contribution in [2.24, 2.45) is 0 Å². The lowest BCUT2D eigenvalue weighted by molar-refractivity contribution is -0.380. The largest absolute Gasteiger partial charge is 0.481 e. The van der Waals surface area contributed by atoms with Crippen molar-refractivity contribution in [2.75, 3.05) is 5.32 Å². The molecule has 0 saturated heterocycles. The van der Waals surface area contributed by atoms with E-state index in [0.717, 1.165) is 6.20 Å². The molecule has 80 valence electrons. The molecule has 0 spiro atoms. The molecule has 0 radical (unpaired) electrons. The van der Waals surface area contributed by atoms with Crippen LogP contribution in [0.5, 0.6) is 0 Å². The van der Waals surface area contributed by atoms with Crippen molar-refractivity contribution in [2.45, 2.75) is 6.42 Å². The Morgan fingerprint density at radius 2 is 2.33 bits per heavy atom. The topological polar surface area (TPSA) is 122 Å². The van der Waals surface area contributed by atoms with Gasteiger partial charge in [0.25, 0.3) is 0 Å². The third kappa shape index (κ3) is 3.31. The van der Waals surface area contributed by atoms with Gasteiger partial charge in [0.05, 0.1) is 4.92 Å². The zero-order valence-corrected chi connectivity index (χ0v) is 7.98. The number of hydrogen-bond acceptors (Lipinski definition) is 6. The summed E-state index contributed by atoms with van der Waals surface area (Å²) in [6, 6.07) is 0. The summed E-state index contributed by atoms with van der Waals surface area (Å²) in [7, 11) is 0. The molecular formula is C6H5N3O5S. The molecule has 1 amide bonds. The van der Waals surface area contributed by atoms with Crippen LogP contribution in [0.15, 0.2) is 6.20 Å². The van der Waals surface area contributed by atoms with E-state index in [4.69, 9.17) is 5.11 Å². The Balaban J connectivity index is 2.61. The predicted octanol–water partition coefficient (Wildman–Crippen LogP) is 0.465. The summed E-state index contributed by atoms with van der Waals surface area (Å²) in [5.41, 5.74) is 0. The van der Waals surface area contributed by atoms with Crippen LogP contribution in [0.25, 0.3) is 0 Å². The number of nitro groups is 1. The van der Waals surface area contributed by atoms with Crippen molar-refractivity contribution in [3.63, 3.8) is 0 Å². The van der Waals surface area contributed by atoms with Crippen LogP contribution in [0.1, 0.15) is 6.42 Å². The smallest absolute Gasteiger partial charge is 0.345 e. The highest BCUT2D eigenvalue weighted by Gasteiger charge is 2.14. The summed E-state index contributed by atoms with van der Waals surface area (Å²) in [6.07, 6.45) is 0.286. The van der Waals surface area contributed by atoms with Gasteiger partial charge >= 0.3 is 11.0 Å². The lowest BCUT2D eigenvalue weighted by Gasteiger charge is -1.95. The number of aromatic nitrogens is 1. The number of carboxylic acids is 1. The Labute approximate surface area is 86.7 Å². The minimum atomic E-state index is -1.28. The van der Waals surface area contributed by atoms with E-state index in [9.17, 15) is 19.7 Å². The first-order chi connectivity index (χ1) is 6.99. The summed E-state index contributed by atoms with van der Waals surface area (Å²) < 4.78 is 0. The number of hydrogen-bond donors (Lipinski definition) is 2. The van der Waals surface area contributed by atoms with Gasteiger partial charge < -0.3 is 10.4 Å². The maximum absolute atomic E-state index is 10.9. The van der Waals surface area contributed by atoms with E-state index in [2.05, 4.69) is 10.3 Å². The Kier molecular flexibility index (Phi) is 3.29. The average molecular weight is 231 g/mol. The minimum Gasteiger partial charge on any atom is -0.481 e. The second-order valence-electron chi connectivity index (χ2n) is 2.38. The Bertz CT molecular complexity index is 415. The second-order valence-corrected chi connectivity index (χ2v) is 3.39. The molecule has 0 atom stereocenters. The molecular weight excluding hydrogens is 226 g/mol. The van der Waals surface area contributed by atoms with Crippen molar-refractivity contribution < 1.29 is 19.6 Å². The van der Waals surface area contributed by atoms with Gasteiger partial charge in [-0.1, -0.05) is 0 Å². The van der Waals surface area contributed by atoms with E-state index < -0.39 is 23.2 Å². The van der Waals surface area contributed by atoms with Gasteiger partial charge in [0.15, 0.2) is 5.13 Å². The van der Waals surface area contributed by atoms with Gasteiger partial charge in [-0.3, -0.25) is 19.7 Å². The highest BCUT2D eigenvalue weighted by Crippen LogP contribution is 2.24. The van der Waals surface area contributed by atoms with Gasteiger partial charge in [0.1, 0.15) is 12.6 Å². The monoisotopic (exact) mass is 231 g/mol. The number of thiazole rings is 1. The standard InChI is InChI=1S/C6H5N3O5S/c10-3(1-5(11)12)8-6-7-2-4(15-6)9(13)14/h2H,1H2,(H,11,12)(H,7,8,10). The highest BCUT2D eigenvalue weighted by atomic mass is 32.1. The number of nitrogens with one attached hydrogen (secondary N) is 1. The first-order valence-corrected chi connectivity index (χ1v) is 4.42. The number of carboxylic acid groups (broad SMARTS) is 1. The molecule has 1 aromatic heterocycles. The van der Waals surface area contributed by atoms with Crippen molar-refractivity contribution in [3.05, 3.63) is 16.3 Å². The molecule has 0 bridgehead atoms. The van der Waals surface area contributed by atoms with Crippen LogP contribution >= 0.6 is 11.3 Å². The SMILES string of the molecule is O=C(O)CC(=O)Nc1ncc([N+](=O)[O-])s1. The Morgan fingerprint density at radius 3 is 2.80 bits per heavy atom. The van der Waals surface area contributed by atoms with Gasteiger partial charge in [-0.2, -0.15) is 0 Å². The molecule has 15 heavy (non-hydrogen) atoms. The maximum Gasteiger partial charge on any atom is 0.345 e. The van der Waals surface area contributed by atoms with E-state index >= 15 is 0 Å². The number of carbonyl (C=O) groups excluding carboxylic acids is 1. The molecule has 1 aromatic rings. The number of nitrogens with zero attached hydrogens (tertiary/aromatic N) is 2. The molecule has 0 aliphatic heterocycles. The van der Waals surface area contributed by atoms with Crippen LogP contribution in [0.4, 0.5) is 10.1 Å². The van der Waals surface area contributed by atoms with Crippen molar-refractivity contribution in [3.8, 4) is 0 Å². The molecule has 1 rings (SSSR count). The van der Waals surface area contributed by atoms with Crippen LogP contribution in [0, 0.1) is 10.1 Å².